The monoisotopic (exact) mass is 409 g/mol. The number of aryl methyl sites for hydroxylation is 1. The Balaban J connectivity index is 1.22. The van der Waals surface area contributed by atoms with Crippen molar-refractivity contribution in [2.24, 2.45) is 0 Å². The number of quaternary nitrogens is 1. The Bertz CT molecular complexity index is 1040. The number of amides is 2. The van der Waals surface area contributed by atoms with Crippen LogP contribution in [-0.2, 0) is 16.0 Å². The number of anilines is 1. The first-order chi connectivity index (χ1) is 14.6. The lowest BCUT2D eigenvalue weighted by Gasteiger charge is -2.32. The Labute approximate surface area is 174 Å². The molecule has 3 N–H and O–H groups in total. The van der Waals surface area contributed by atoms with E-state index in [1.54, 1.807) is 12.1 Å². The maximum atomic E-state index is 13.2. The van der Waals surface area contributed by atoms with Crippen LogP contribution in [0.2, 0.25) is 0 Å². The molecule has 2 amide bonds. The molecule has 6 nitrogen and oxygen atoms in total. The van der Waals surface area contributed by atoms with Gasteiger partial charge in [-0.2, -0.15) is 0 Å². The molecular formula is C23H26FN4O2+. The number of H-pyrrole nitrogens is 1. The van der Waals surface area contributed by atoms with E-state index >= 15 is 0 Å². The minimum absolute atomic E-state index is 0.144. The molecule has 3 aromatic rings. The Kier molecular flexibility index (Phi) is 6.09. The van der Waals surface area contributed by atoms with Crippen molar-refractivity contribution in [2.75, 3.05) is 38.0 Å². The number of carbonyl (C=O) groups excluding carboxylic acids is 2. The van der Waals surface area contributed by atoms with Gasteiger partial charge in [0.2, 0.25) is 5.91 Å². The van der Waals surface area contributed by atoms with Gasteiger partial charge >= 0.3 is 0 Å². The zero-order chi connectivity index (χ0) is 20.9. The van der Waals surface area contributed by atoms with Crippen molar-refractivity contribution in [1.29, 1.82) is 0 Å². The largest absolute Gasteiger partial charge is 0.361 e. The molecule has 0 unspecified atom stereocenters. The lowest BCUT2D eigenvalue weighted by molar-refractivity contribution is -0.895. The highest BCUT2D eigenvalue weighted by Crippen LogP contribution is 2.19. The third-order valence-corrected chi connectivity index (χ3v) is 5.63. The van der Waals surface area contributed by atoms with E-state index in [4.69, 9.17) is 0 Å². The van der Waals surface area contributed by atoms with Gasteiger partial charge in [-0.15, -0.1) is 0 Å². The van der Waals surface area contributed by atoms with Crippen LogP contribution < -0.4 is 10.2 Å². The molecule has 0 saturated carbocycles. The molecule has 2 aromatic carbocycles. The van der Waals surface area contributed by atoms with Gasteiger partial charge in [0.25, 0.3) is 5.91 Å². The third kappa shape index (κ3) is 4.86. The summed E-state index contributed by atoms with van der Waals surface area (Å²) < 4.78 is 13.2. The number of hydrogen-bond donors (Lipinski definition) is 3. The minimum atomic E-state index is -0.375. The average molecular weight is 409 g/mol. The van der Waals surface area contributed by atoms with Crippen LogP contribution in [0, 0.1) is 5.82 Å². The molecule has 1 aromatic heterocycles. The molecule has 0 atom stereocenters. The second kappa shape index (κ2) is 9.09. The Morgan fingerprint density at radius 2 is 1.90 bits per heavy atom. The predicted molar refractivity (Wildman–Crippen MR) is 114 cm³/mol. The number of nitrogens with zero attached hydrogens (tertiary/aromatic N) is 1. The van der Waals surface area contributed by atoms with Crippen LogP contribution in [0.5, 0.6) is 0 Å². The Hall–Kier alpha value is -3.19. The molecule has 0 bridgehead atoms. The van der Waals surface area contributed by atoms with Gasteiger partial charge in [-0.1, -0.05) is 24.3 Å². The van der Waals surface area contributed by atoms with E-state index < -0.39 is 0 Å². The molecule has 0 radical (unpaired) electrons. The summed E-state index contributed by atoms with van der Waals surface area (Å²) >= 11 is 0. The number of halogens is 1. The van der Waals surface area contributed by atoms with Gasteiger partial charge < -0.3 is 20.1 Å². The zero-order valence-electron chi connectivity index (χ0n) is 16.8. The fourth-order valence-corrected chi connectivity index (χ4v) is 3.99. The SMILES string of the molecule is O=C(C[NH+]1CCN(C(=O)CCc2c[nH]c3ccccc23)CC1)Nc1cccc(F)c1. The van der Waals surface area contributed by atoms with Gasteiger partial charge in [-0.05, 0) is 36.2 Å². The first kappa shape index (κ1) is 20.1. The van der Waals surface area contributed by atoms with Crippen LogP contribution in [0.3, 0.4) is 0 Å². The predicted octanol–water partition coefficient (Wildman–Crippen LogP) is 1.61. The summed E-state index contributed by atoms with van der Waals surface area (Å²) in [6.45, 7) is 3.07. The van der Waals surface area contributed by atoms with E-state index in [0.29, 0.717) is 38.2 Å². The van der Waals surface area contributed by atoms with Gasteiger partial charge in [-0.3, -0.25) is 9.59 Å². The van der Waals surface area contributed by atoms with E-state index in [2.05, 4.69) is 16.4 Å². The number of rotatable bonds is 6. The van der Waals surface area contributed by atoms with Crippen LogP contribution in [0.15, 0.2) is 54.7 Å². The van der Waals surface area contributed by atoms with Crippen molar-refractivity contribution in [1.82, 2.24) is 9.88 Å². The molecule has 7 heteroatoms. The number of nitrogens with one attached hydrogen (secondary N) is 3. The third-order valence-electron chi connectivity index (χ3n) is 5.63. The van der Waals surface area contributed by atoms with Crippen molar-refractivity contribution in [3.05, 3.63) is 66.1 Å². The topological polar surface area (TPSA) is 69.6 Å². The maximum absolute atomic E-state index is 13.2. The summed E-state index contributed by atoms with van der Waals surface area (Å²) in [7, 11) is 0. The molecule has 156 valence electrons. The number of aromatic nitrogens is 1. The second-order valence-corrected chi connectivity index (χ2v) is 7.73. The normalized spacial score (nSPS) is 14.8. The first-order valence-corrected chi connectivity index (χ1v) is 10.3. The molecule has 1 aliphatic rings. The molecule has 0 spiro atoms. The molecule has 1 fully saturated rings. The summed E-state index contributed by atoms with van der Waals surface area (Å²) in [5, 5.41) is 3.90. The van der Waals surface area contributed by atoms with E-state index in [1.807, 2.05) is 29.3 Å². The maximum Gasteiger partial charge on any atom is 0.279 e. The van der Waals surface area contributed by atoms with Crippen LogP contribution >= 0.6 is 0 Å². The number of benzene rings is 2. The lowest BCUT2D eigenvalue weighted by Crippen LogP contribution is -3.15. The van der Waals surface area contributed by atoms with Crippen molar-refractivity contribution < 1.29 is 18.9 Å². The summed E-state index contributed by atoms with van der Waals surface area (Å²) in [5.74, 6) is -0.363. The fraction of sp³-hybridized carbons (Fsp3) is 0.304. The molecule has 1 aliphatic heterocycles. The standard InChI is InChI=1S/C23H25FN4O2/c24-18-4-3-5-19(14-18)26-22(29)16-27-10-12-28(13-11-27)23(30)9-8-17-15-25-21-7-2-1-6-20(17)21/h1-7,14-15,25H,8-13,16H2,(H,26,29)/p+1. The lowest BCUT2D eigenvalue weighted by atomic mass is 10.1. The molecular weight excluding hydrogens is 383 g/mol. The molecule has 2 heterocycles. The summed E-state index contributed by atoms with van der Waals surface area (Å²) in [5.41, 5.74) is 2.72. The zero-order valence-corrected chi connectivity index (χ0v) is 16.8. The molecule has 0 aliphatic carbocycles. The average Bonchev–Trinajstić information content (AvgIpc) is 3.15. The summed E-state index contributed by atoms with van der Waals surface area (Å²) in [6.07, 6.45) is 3.18. The smallest absolute Gasteiger partial charge is 0.279 e. The quantitative estimate of drug-likeness (QED) is 0.579. The number of carbonyl (C=O) groups is 2. The number of para-hydroxylation sites is 1. The highest BCUT2D eigenvalue weighted by atomic mass is 19.1. The second-order valence-electron chi connectivity index (χ2n) is 7.73. The highest BCUT2D eigenvalue weighted by Gasteiger charge is 2.25. The Morgan fingerprint density at radius 3 is 2.70 bits per heavy atom. The van der Waals surface area contributed by atoms with E-state index in [9.17, 15) is 14.0 Å². The van der Waals surface area contributed by atoms with Crippen LogP contribution in [-0.4, -0.2) is 54.4 Å². The molecule has 1 saturated heterocycles. The first-order valence-electron chi connectivity index (χ1n) is 10.3. The van der Waals surface area contributed by atoms with E-state index in [1.165, 1.54) is 17.5 Å². The van der Waals surface area contributed by atoms with E-state index in [-0.39, 0.29) is 17.6 Å². The van der Waals surface area contributed by atoms with E-state index in [0.717, 1.165) is 29.1 Å². The van der Waals surface area contributed by atoms with Crippen molar-refractivity contribution in [2.45, 2.75) is 12.8 Å². The molecule has 30 heavy (non-hydrogen) atoms. The highest BCUT2D eigenvalue weighted by molar-refractivity contribution is 5.91. The van der Waals surface area contributed by atoms with Crippen LogP contribution in [0.4, 0.5) is 10.1 Å². The van der Waals surface area contributed by atoms with Gasteiger partial charge in [0.15, 0.2) is 6.54 Å². The number of piperazine rings is 1. The Morgan fingerprint density at radius 1 is 1.10 bits per heavy atom. The molecule has 4 rings (SSSR count). The van der Waals surface area contributed by atoms with Crippen LogP contribution in [0.1, 0.15) is 12.0 Å². The summed E-state index contributed by atoms with van der Waals surface area (Å²) in [6, 6.07) is 14.0. The number of hydrogen-bond acceptors (Lipinski definition) is 2. The van der Waals surface area contributed by atoms with Crippen LogP contribution in [0.25, 0.3) is 10.9 Å². The summed E-state index contributed by atoms with van der Waals surface area (Å²) in [4.78, 5) is 31.1. The number of fused-ring (bicyclic) bond motifs is 1. The minimum Gasteiger partial charge on any atom is -0.361 e. The van der Waals surface area contributed by atoms with Gasteiger partial charge in [0.1, 0.15) is 5.82 Å². The van der Waals surface area contributed by atoms with Gasteiger partial charge in [0, 0.05) is 29.2 Å². The number of aromatic amines is 1. The fourth-order valence-electron chi connectivity index (χ4n) is 3.99. The van der Waals surface area contributed by atoms with Crippen molar-refractivity contribution in [3.63, 3.8) is 0 Å². The van der Waals surface area contributed by atoms with Gasteiger partial charge in [-0.25, -0.2) is 4.39 Å². The van der Waals surface area contributed by atoms with Gasteiger partial charge in [0.05, 0.1) is 26.2 Å². The van der Waals surface area contributed by atoms with Crippen molar-refractivity contribution >= 4 is 28.4 Å². The van der Waals surface area contributed by atoms with Crippen molar-refractivity contribution in [3.8, 4) is 0 Å².